The molecule has 122 valence electrons. The van der Waals surface area contributed by atoms with E-state index in [0.717, 1.165) is 35.6 Å². The van der Waals surface area contributed by atoms with E-state index in [1.807, 2.05) is 13.0 Å². The number of aromatic hydroxyl groups is 1. The number of benzene rings is 1. The van der Waals surface area contributed by atoms with E-state index in [4.69, 9.17) is 11.6 Å². The van der Waals surface area contributed by atoms with Crippen LogP contribution in [0.2, 0.25) is 5.02 Å². The lowest BCUT2D eigenvalue weighted by Crippen LogP contribution is -2.30. The van der Waals surface area contributed by atoms with Gasteiger partial charge in [-0.2, -0.15) is 0 Å². The second kappa shape index (κ2) is 8.14. The molecular formula is C18H27ClN2O. The molecule has 0 aliphatic carbocycles. The molecule has 0 aromatic heterocycles. The van der Waals surface area contributed by atoms with Crippen molar-refractivity contribution in [2.24, 2.45) is 0 Å². The van der Waals surface area contributed by atoms with Gasteiger partial charge in [0, 0.05) is 30.7 Å². The highest BCUT2D eigenvalue weighted by molar-refractivity contribution is 6.30. The molecule has 1 aromatic carbocycles. The van der Waals surface area contributed by atoms with Gasteiger partial charge >= 0.3 is 0 Å². The smallest absolute Gasteiger partial charge is 0.124 e. The maximum absolute atomic E-state index is 10.1. The molecule has 0 aliphatic rings. The zero-order valence-electron chi connectivity index (χ0n) is 14.4. The number of phenols is 1. The van der Waals surface area contributed by atoms with E-state index in [1.54, 1.807) is 12.1 Å². The van der Waals surface area contributed by atoms with E-state index in [0.29, 0.717) is 5.02 Å². The SMILES string of the molecule is CCN/C(=C(C)/C(C)=C(\C)c1ccc(Cl)cc1O)N(C)CC. The van der Waals surface area contributed by atoms with Gasteiger partial charge in [0.1, 0.15) is 11.6 Å². The summed E-state index contributed by atoms with van der Waals surface area (Å²) in [4.78, 5) is 2.19. The lowest BCUT2D eigenvalue weighted by molar-refractivity contribution is 0.402. The van der Waals surface area contributed by atoms with Crippen molar-refractivity contribution < 1.29 is 5.11 Å². The predicted molar refractivity (Wildman–Crippen MR) is 96.1 cm³/mol. The maximum Gasteiger partial charge on any atom is 0.124 e. The number of rotatable bonds is 6. The standard InChI is InChI=1S/C18H27ClN2O/c1-7-20-18(21(6)8-2)14(5)12(3)13(4)16-10-9-15(19)11-17(16)22/h9-11,20,22H,7-8H2,1-6H3/b13-12+,18-14-. The highest BCUT2D eigenvalue weighted by atomic mass is 35.5. The predicted octanol–water partition coefficient (Wildman–Crippen LogP) is 4.63. The molecule has 0 fully saturated rings. The molecule has 4 heteroatoms. The molecule has 0 spiro atoms. The third kappa shape index (κ3) is 4.20. The third-order valence-electron chi connectivity index (χ3n) is 4.04. The molecular weight excluding hydrogens is 296 g/mol. The first-order valence-corrected chi connectivity index (χ1v) is 8.03. The minimum atomic E-state index is 0.214. The Morgan fingerprint density at radius 2 is 1.82 bits per heavy atom. The van der Waals surface area contributed by atoms with Crippen LogP contribution < -0.4 is 5.32 Å². The Hall–Kier alpha value is -1.61. The number of nitrogens with zero attached hydrogens (tertiary/aromatic N) is 1. The number of hydrogen-bond donors (Lipinski definition) is 2. The first-order valence-electron chi connectivity index (χ1n) is 7.66. The monoisotopic (exact) mass is 322 g/mol. The van der Waals surface area contributed by atoms with Crippen molar-refractivity contribution in [2.75, 3.05) is 20.1 Å². The molecule has 2 N–H and O–H groups in total. The fourth-order valence-corrected chi connectivity index (χ4v) is 2.53. The van der Waals surface area contributed by atoms with E-state index in [-0.39, 0.29) is 5.75 Å². The van der Waals surface area contributed by atoms with Crippen molar-refractivity contribution in [3.63, 3.8) is 0 Å². The summed E-state index contributed by atoms with van der Waals surface area (Å²) in [6.45, 7) is 12.2. The van der Waals surface area contributed by atoms with E-state index in [1.165, 1.54) is 5.57 Å². The Labute approximate surface area is 139 Å². The van der Waals surface area contributed by atoms with Crippen molar-refractivity contribution >= 4 is 17.2 Å². The second-order valence-corrected chi connectivity index (χ2v) is 5.87. The zero-order valence-corrected chi connectivity index (χ0v) is 15.2. The van der Waals surface area contributed by atoms with E-state index in [9.17, 15) is 5.11 Å². The lowest BCUT2D eigenvalue weighted by Gasteiger charge is -2.25. The summed E-state index contributed by atoms with van der Waals surface area (Å²) in [7, 11) is 2.07. The van der Waals surface area contributed by atoms with Crippen molar-refractivity contribution in [1.82, 2.24) is 10.2 Å². The molecule has 0 aliphatic heterocycles. The summed E-state index contributed by atoms with van der Waals surface area (Å²) in [6, 6.07) is 5.24. The first kappa shape index (κ1) is 18.4. The van der Waals surface area contributed by atoms with Gasteiger partial charge in [0.2, 0.25) is 0 Å². The number of halogens is 1. The van der Waals surface area contributed by atoms with Crippen LogP contribution in [0.15, 0.2) is 35.2 Å². The van der Waals surface area contributed by atoms with E-state index in [2.05, 4.69) is 45.0 Å². The van der Waals surface area contributed by atoms with E-state index >= 15 is 0 Å². The zero-order chi connectivity index (χ0) is 16.9. The van der Waals surface area contributed by atoms with Gasteiger partial charge in [-0.05, 0) is 69.5 Å². The summed E-state index contributed by atoms with van der Waals surface area (Å²) >= 11 is 5.91. The van der Waals surface area contributed by atoms with Crippen LogP contribution in [0.1, 0.15) is 40.2 Å². The van der Waals surface area contributed by atoms with Crippen molar-refractivity contribution in [3.05, 3.63) is 45.8 Å². The minimum Gasteiger partial charge on any atom is -0.507 e. The number of nitrogens with one attached hydrogen (secondary N) is 1. The Morgan fingerprint density at radius 1 is 1.18 bits per heavy atom. The Kier molecular flexibility index (Phi) is 6.82. The summed E-state index contributed by atoms with van der Waals surface area (Å²) in [5.41, 5.74) is 4.19. The van der Waals surface area contributed by atoms with Gasteiger partial charge in [0.25, 0.3) is 0 Å². The van der Waals surface area contributed by atoms with Gasteiger partial charge < -0.3 is 15.3 Å². The van der Waals surface area contributed by atoms with Gasteiger partial charge in [-0.15, -0.1) is 0 Å². The van der Waals surface area contributed by atoms with Crippen molar-refractivity contribution in [3.8, 4) is 5.75 Å². The Balaban J connectivity index is 3.37. The molecule has 3 nitrogen and oxygen atoms in total. The van der Waals surface area contributed by atoms with Crippen LogP contribution in [0.25, 0.3) is 5.57 Å². The minimum absolute atomic E-state index is 0.214. The molecule has 0 radical (unpaired) electrons. The molecule has 0 saturated carbocycles. The van der Waals surface area contributed by atoms with Crippen LogP contribution in [-0.4, -0.2) is 30.1 Å². The van der Waals surface area contributed by atoms with Crippen LogP contribution in [0.4, 0.5) is 0 Å². The normalized spacial score (nSPS) is 13.4. The molecule has 1 rings (SSSR count). The Morgan fingerprint density at radius 3 is 2.32 bits per heavy atom. The van der Waals surface area contributed by atoms with Gasteiger partial charge in [0.05, 0.1) is 0 Å². The molecule has 1 aromatic rings. The average Bonchev–Trinajstić information content (AvgIpc) is 2.49. The fraction of sp³-hybridized carbons (Fsp3) is 0.444. The molecule has 0 heterocycles. The van der Waals surface area contributed by atoms with Crippen LogP contribution in [0.3, 0.4) is 0 Å². The van der Waals surface area contributed by atoms with Crippen molar-refractivity contribution in [2.45, 2.75) is 34.6 Å². The summed E-state index contributed by atoms with van der Waals surface area (Å²) in [5, 5.41) is 14.1. The van der Waals surface area contributed by atoms with Gasteiger partial charge in [-0.3, -0.25) is 0 Å². The molecule has 0 bridgehead atoms. The molecule has 0 saturated heterocycles. The van der Waals surface area contributed by atoms with Gasteiger partial charge in [0.15, 0.2) is 0 Å². The quantitative estimate of drug-likeness (QED) is 0.749. The topological polar surface area (TPSA) is 35.5 Å². The third-order valence-corrected chi connectivity index (χ3v) is 4.28. The van der Waals surface area contributed by atoms with E-state index < -0.39 is 0 Å². The molecule has 0 atom stereocenters. The highest BCUT2D eigenvalue weighted by Gasteiger charge is 2.12. The highest BCUT2D eigenvalue weighted by Crippen LogP contribution is 2.32. The maximum atomic E-state index is 10.1. The van der Waals surface area contributed by atoms with Gasteiger partial charge in [-0.1, -0.05) is 11.6 Å². The second-order valence-electron chi connectivity index (χ2n) is 5.43. The molecule has 22 heavy (non-hydrogen) atoms. The number of allylic oxidation sites excluding steroid dienone is 3. The first-order chi connectivity index (χ1) is 10.3. The van der Waals surface area contributed by atoms with Crippen LogP contribution in [0.5, 0.6) is 5.75 Å². The summed E-state index contributed by atoms with van der Waals surface area (Å²) < 4.78 is 0. The summed E-state index contributed by atoms with van der Waals surface area (Å²) in [6.07, 6.45) is 0. The lowest BCUT2D eigenvalue weighted by atomic mass is 9.96. The summed E-state index contributed by atoms with van der Waals surface area (Å²) in [5.74, 6) is 1.33. The molecule has 0 unspecified atom stereocenters. The number of phenolic OH excluding ortho intramolecular Hbond substituents is 1. The Bertz CT molecular complexity index is 591. The average molecular weight is 323 g/mol. The largest absolute Gasteiger partial charge is 0.507 e. The number of hydrogen-bond acceptors (Lipinski definition) is 3. The molecule has 0 amide bonds. The van der Waals surface area contributed by atoms with Crippen LogP contribution in [0, 0.1) is 0 Å². The van der Waals surface area contributed by atoms with Gasteiger partial charge in [-0.25, -0.2) is 0 Å². The fourth-order valence-electron chi connectivity index (χ4n) is 2.36. The van der Waals surface area contributed by atoms with Crippen molar-refractivity contribution in [1.29, 1.82) is 0 Å². The van der Waals surface area contributed by atoms with Crippen LogP contribution >= 0.6 is 11.6 Å². The van der Waals surface area contributed by atoms with Crippen LogP contribution in [-0.2, 0) is 0 Å².